The van der Waals surface area contributed by atoms with E-state index in [1.54, 1.807) is 42.7 Å². The molecule has 1 N–H and O–H groups in total. The summed E-state index contributed by atoms with van der Waals surface area (Å²) in [6.45, 7) is 0.647. The highest BCUT2D eigenvalue weighted by molar-refractivity contribution is 6.31. The SMILES string of the molecule is CN(C(=O)c1ccncc1)c1ccc(CNc2ccnc3ccc(Cl)cc23)cc1. The van der Waals surface area contributed by atoms with Crippen molar-refractivity contribution in [3.8, 4) is 0 Å². The third-order valence-corrected chi connectivity index (χ3v) is 4.98. The Kier molecular flexibility index (Phi) is 5.40. The summed E-state index contributed by atoms with van der Waals surface area (Å²) in [5.41, 5.74) is 4.41. The predicted octanol–water partition coefficient (Wildman–Crippen LogP) is 5.17. The molecule has 2 aromatic carbocycles. The normalized spacial score (nSPS) is 10.7. The second-order valence-electron chi connectivity index (χ2n) is 6.64. The molecule has 0 unspecified atom stereocenters. The van der Waals surface area contributed by atoms with Crippen LogP contribution in [0.25, 0.3) is 10.9 Å². The minimum Gasteiger partial charge on any atom is -0.380 e. The Bertz CT molecular complexity index is 1150. The molecule has 144 valence electrons. The van der Waals surface area contributed by atoms with Gasteiger partial charge in [-0.15, -0.1) is 0 Å². The highest BCUT2D eigenvalue weighted by Gasteiger charge is 2.13. The van der Waals surface area contributed by atoms with Crippen molar-refractivity contribution >= 4 is 39.8 Å². The maximum Gasteiger partial charge on any atom is 0.258 e. The highest BCUT2D eigenvalue weighted by atomic mass is 35.5. The van der Waals surface area contributed by atoms with Gasteiger partial charge in [0, 0.05) is 59.5 Å². The summed E-state index contributed by atoms with van der Waals surface area (Å²) in [5.74, 6) is -0.0709. The fraction of sp³-hybridized carbons (Fsp3) is 0.0870. The lowest BCUT2D eigenvalue weighted by Crippen LogP contribution is -2.26. The molecular weight excluding hydrogens is 384 g/mol. The quantitative estimate of drug-likeness (QED) is 0.500. The van der Waals surface area contributed by atoms with E-state index in [4.69, 9.17) is 11.6 Å². The largest absolute Gasteiger partial charge is 0.380 e. The molecule has 5 nitrogen and oxygen atoms in total. The molecule has 0 bridgehead atoms. The number of benzene rings is 2. The lowest BCUT2D eigenvalue weighted by molar-refractivity contribution is 0.0993. The van der Waals surface area contributed by atoms with Crippen molar-refractivity contribution in [3.05, 3.63) is 95.4 Å². The summed E-state index contributed by atoms with van der Waals surface area (Å²) in [4.78, 5) is 22.5. The van der Waals surface area contributed by atoms with Gasteiger partial charge in [0.05, 0.1) is 5.52 Å². The van der Waals surface area contributed by atoms with Crippen LogP contribution in [0.2, 0.25) is 5.02 Å². The molecule has 2 aromatic heterocycles. The van der Waals surface area contributed by atoms with Gasteiger partial charge < -0.3 is 10.2 Å². The molecule has 0 spiro atoms. The van der Waals surface area contributed by atoms with E-state index in [1.165, 1.54) is 0 Å². The van der Waals surface area contributed by atoms with Crippen molar-refractivity contribution in [2.24, 2.45) is 0 Å². The molecule has 0 aliphatic rings. The van der Waals surface area contributed by atoms with Gasteiger partial charge in [0.2, 0.25) is 0 Å². The summed E-state index contributed by atoms with van der Waals surface area (Å²) < 4.78 is 0. The Hall–Kier alpha value is -3.44. The van der Waals surface area contributed by atoms with Gasteiger partial charge in [-0.1, -0.05) is 23.7 Å². The van der Waals surface area contributed by atoms with Gasteiger partial charge in [0.15, 0.2) is 0 Å². The molecule has 2 heterocycles. The van der Waals surface area contributed by atoms with Gasteiger partial charge in [0.1, 0.15) is 0 Å². The maximum atomic E-state index is 12.6. The standard InChI is InChI=1S/C23H19ClN4O/c1-28(23(29)17-8-11-25-12-9-17)19-5-2-16(3-6-19)15-27-22-10-13-26-21-7-4-18(24)14-20(21)22/h2-14H,15H2,1H3,(H,26,27). The van der Waals surface area contributed by atoms with E-state index in [-0.39, 0.29) is 5.91 Å². The van der Waals surface area contributed by atoms with Crippen LogP contribution < -0.4 is 10.2 Å². The Balaban J connectivity index is 1.46. The first-order valence-electron chi connectivity index (χ1n) is 9.17. The first-order valence-corrected chi connectivity index (χ1v) is 9.55. The zero-order valence-corrected chi connectivity index (χ0v) is 16.6. The Labute approximate surface area is 174 Å². The van der Waals surface area contributed by atoms with Gasteiger partial charge in [-0.2, -0.15) is 0 Å². The lowest BCUT2D eigenvalue weighted by atomic mass is 10.1. The van der Waals surface area contributed by atoms with Gasteiger partial charge >= 0.3 is 0 Å². The number of fused-ring (bicyclic) bond motifs is 1. The predicted molar refractivity (Wildman–Crippen MR) is 117 cm³/mol. The fourth-order valence-electron chi connectivity index (χ4n) is 3.11. The average Bonchev–Trinajstić information content (AvgIpc) is 2.77. The van der Waals surface area contributed by atoms with Crippen LogP contribution in [-0.4, -0.2) is 22.9 Å². The molecule has 0 aliphatic heterocycles. The van der Waals surface area contributed by atoms with E-state index < -0.39 is 0 Å². The van der Waals surface area contributed by atoms with Crippen LogP contribution in [0.3, 0.4) is 0 Å². The Morgan fingerprint density at radius 3 is 2.52 bits per heavy atom. The Morgan fingerprint density at radius 2 is 1.76 bits per heavy atom. The van der Waals surface area contributed by atoms with Crippen molar-refractivity contribution in [2.75, 3.05) is 17.3 Å². The second-order valence-corrected chi connectivity index (χ2v) is 7.08. The van der Waals surface area contributed by atoms with Gasteiger partial charge in [-0.25, -0.2) is 0 Å². The number of halogens is 1. The van der Waals surface area contributed by atoms with E-state index in [1.807, 2.05) is 48.5 Å². The topological polar surface area (TPSA) is 58.1 Å². The number of aromatic nitrogens is 2. The number of anilines is 2. The fourth-order valence-corrected chi connectivity index (χ4v) is 3.28. The van der Waals surface area contributed by atoms with Crippen molar-refractivity contribution in [1.29, 1.82) is 0 Å². The molecule has 4 aromatic rings. The molecule has 1 amide bonds. The smallest absolute Gasteiger partial charge is 0.258 e. The van der Waals surface area contributed by atoms with Crippen molar-refractivity contribution in [1.82, 2.24) is 9.97 Å². The minimum absolute atomic E-state index is 0.0709. The second kappa shape index (κ2) is 8.29. The number of hydrogen-bond donors (Lipinski definition) is 1. The molecular formula is C23H19ClN4O. The zero-order valence-electron chi connectivity index (χ0n) is 15.8. The van der Waals surface area contributed by atoms with Crippen LogP contribution in [0, 0.1) is 0 Å². The molecule has 4 rings (SSSR count). The summed E-state index contributed by atoms with van der Waals surface area (Å²) in [6.07, 6.45) is 5.01. The van der Waals surface area contributed by atoms with Crippen LogP contribution >= 0.6 is 11.6 Å². The number of hydrogen-bond acceptors (Lipinski definition) is 4. The van der Waals surface area contributed by atoms with Crippen molar-refractivity contribution in [2.45, 2.75) is 6.54 Å². The van der Waals surface area contributed by atoms with E-state index in [9.17, 15) is 4.79 Å². The monoisotopic (exact) mass is 402 g/mol. The summed E-state index contributed by atoms with van der Waals surface area (Å²) in [6, 6.07) is 18.9. The van der Waals surface area contributed by atoms with Crippen molar-refractivity contribution < 1.29 is 4.79 Å². The van der Waals surface area contributed by atoms with E-state index in [2.05, 4.69) is 15.3 Å². The zero-order chi connectivity index (χ0) is 20.2. The number of rotatable bonds is 5. The number of pyridine rings is 2. The first-order chi connectivity index (χ1) is 14.1. The maximum absolute atomic E-state index is 12.6. The van der Waals surface area contributed by atoms with Crippen LogP contribution in [0.4, 0.5) is 11.4 Å². The number of nitrogens with zero attached hydrogens (tertiary/aromatic N) is 3. The molecule has 0 fully saturated rings. The average molecular weight is 403 g/mol. The molecule has 29 heavy (non-hydrogen) atoms. The van der Waals surface area contributed by atoms with Crippen LogP contribution in [0.1, 0.15) is 15.9 Å². The third kappa shape index (κ3) is 4.20. The van der Waals surface area contributed by atoms with Gasteiger partial charge in [-0.3, -0.25) is 14.8 Å². The van der Waals surface area contributed by atoms with E-state index in [0.29, 0.717) is 17.1 Å². The van der Waals surface area contributed by atoms with Gasteiger partial charge in [0.25, 0.3) is 5.91 Å². The summed E-state index contributed by atoms with van der Waals surface area (Å²) >= 11 is 6.13. The van der Waals surface area contributed by atoms with Crippen molar-refractivity contribution in [3.63, 3.8) is 0 Å². The third-order valence-electron chi connectivity index (χ3n) is 4.74. The molecule has 0 saturated carbocycles. The number of carbonyl (C=O) groups is 1. The lowest BCUT2D eigenvalue weighted by Gasteiger charge is -2.18. The Morgan fingerprint density at radius 1 is 1.00 bits per heavy atom. The molecule has 0 atom stereocenters. The minimum atomic E-state index is -0.0709. The number of amides is 1. The summed E-state index contributed by atoms with van der Waals surface area (Å²) in [5, 5.41) is 5.11. The van der Waals surface area contributed by atoms with Crippen LogP contribution in [-0.2, 0) is 6.54 Å². The molecule has 0 saturated heterocycles. The van der Waals surface area contributed by atoms with E-state index >= 15 is 0 Å². The molecule has 0 radical (unpaired) electrons. The highest BCUT2D eigenvalue weighted by Crippen LogP contribution is 2.25. The number of carbonyl (C=O) groups excluding carboxylic acids is 1. The molecule has 6 heteroatoms. The summed E-state index contributed by atoms with van der Waals surface area (Å²) in [7, 11) is 1.77. The van der Waals surface area contributed by atoms with Crippen LogP contribution in [0.15, 0.2) is 79.3 Å². The van der Waals surface area contributed by atoms with Crippen LogP contribution in [0.5, 0.6) is 0 Å². The van der Waals surface area contributed by atoms with E-state index in [0.717, 1.165) is 27.8 Å². The van der Waals surface area contributed by atoms with Gasteiger partial charge in [-0.05, 0) is 54.1 Å². The number of nitrogens with one attached hydrogen (secondary N) is 1. The first kappa shape index (κ1) is 18.9. The molecule has 0 aliphatic carbocycles.